The molecule has 0 unspecified atom stereocenters. The lowest BCUT2D eigenvalue weighted by atomic mass is 10.2. The number of rotatable bonds is 2. The highest BCUT2D eigenvalue weighted by molar-refractivity contribution is 6.30. The number of benzene rings is 2. The maximum absolute atomic E-state index is 12.1. The molecule has 0 spiro atoms. The fourth-order valence-electron chi connectivity index (χ4n) is 1.16. The van der Waals surface area contributed by atoms with Gasteiger partial charge in [-0.2, -0.15) is 0 Å². The first kappa shape index (κ1) is 14.9. The number of hydrogen-bond donors (Lipinski definition) is 1. The van der Waals surface area contributed by atoms with Crippen LogP contribution < -0.4 is 0 Å². The first-order valence-corrected chi connectivity index (χ1v) is 5.67. The summed E-state index contributed by atoms with van der Waals surface area (Å²) >= 11 is 5.60. The van der Waals surface area contributed by atoms with Crippen LogP contribution in [0.3, 0.4) is 0 Å². The van der Waals surface area contributed by atoms with Gasteiger partial charge in [0.25, 0.3) is 0 Å². The molecule has 19 heavy (non-hydrogen) atoms. The summed E-state index contributed by atoms with van der Waals surface area (Å²) in [7, 11) is 0. The average molecular weight is 280 g/mol. The van der Waals surface area contributed by atoms with Gasteiger partial charge in [0.1, 0.15) is 12.1 Å². The summed E-state index contributed by atoms with van der Waals surface area (Å²) < 4.78 is 12.1. The predicted octanol–water partition coefficient (Wildman–Crippen LogP) is 3.79. The van der Waals surface area contributed by atoms with Crippen LogP contribution in [0.5, 0.6) is 0 Å². The Hall–Kier alpha value is -2.20. The van der Waals surface area contributed by atoms with Crippen LogP contribution in [-0.2, 0) is 0 Å². The van der Waals surface area contributed by atoms with Crippen LogP contribution in [-0.4, -0.2) is 17.7 Å². The monoisotopic (exact) mass is 279 g/mol. The van der Waals surface area contributed by atoms with E-state index in [1.807, 2.05) is 0 Å². The Labute approximate surface area is 114 Å². The second kappa shape index (κ2) is 8.00. The molecule has 0 fully saturated rings. The molecule has 0 aliphatic carbocycles. The molecule has 0 saturated carbocycles. The molecular formula is C14H11ClFNO2. The Bertz CT molecular complexity index is 538. The number of hydrogen-bond acceptors (Lipinski definition) is 3. The minimum absolute atomic E-state index is 0.319. The van der Waals surface area contributed by atoms with Crippen molar-refractivity contribution in [3.05, 3.63) is 70.5 Å². The van der Waals surface area contributed by atoms with Crippen molar-refractivity contribution in [2.45, 2.75) is 0 Å². The lowest BCUT2D eigenvalue weighted by Crippen LogP contribution is -1.77. The van der Waals surface area contributed by atoms with Gasteiger partial charge in [-0.1, -0.05) is 28.9 Å². The number of oxime groups is 1. The normalized spacial score (nSPS) is 9.79. The summed E-state index contributed by atoms with van der Waals surface area (Å²) in [5, 5.41) is 11.7. The van der Waals surface area contributed by atoms with E-state index in [1.165, 1.54) is 30.5 Å². The maximum atomic E-state index is 12.1. The standard InChI is InChI=1S/C7H6ClNO.C7H5FO/c8-7-3-1-6(2-4-7)5-9-10;8-7-3-1-6(5-9)2-4-7/h1-5,10H;1-5H/b9-5+;. The van der Waals surface area contributed by atoms with Gasteiger partial charge in [0.15, 0.2) is 0 Å². The van der Waals surface area contributed by atoms with Crippen molar-refractivity contribution in [1.82, 2.24) is 0 Å². The molecule has 0 heterocycles. The lowest BCUT2D eigenvalue weighted by molar-refractivity contribution is 0.112. The van der Waals surface area contributed by atoms with Gasteiger partial charge in [0.2, 0.25) is 0 Å². The molecule has 0 aliphatic heterocycles. The van der Waals surface area contributed by atoms with Gasteiger partial charge in [-0.05, 0) is 42.0 Å². The van der Waals surface area contributed by atoms with Gasteiger partial charge in [-0.25, -0.2) is 4.39 Å². The molecule has 0 amide bonds. The smallest absolute Gasteiger partial charge is 0.150 e. The van der Waals surface area contributed by atoms with E-state index in [9.17, 15) is 9.18 Å². The Balaban J connectivity index is 0.000000191. The zero-order valence-corrected chi connectivity index (χ0v) is 10.6. The van der Waals surface area contributed by atoms with Crippen LogP contribution in [0.15, 0.2) is 53.7 Å². The Kier molecular flexibility index (Phi) is 6.26. The minimum Gasteiger partial charge on any atom is -0.411 e. The first-order valence-electron chi connectivity index (χ1n) is 5.29. The molecule has 3 nitrogen and oxygen atoms in total. The SMILES string of the molecule is O/N=C/c1ccc(Cl)cc1.O=Cc1ccc(F)cc1. The Morgan fingerprint density at radius 3 is 2.00 bits per heavy atom. The van der Waals surface area contributed by atoms with Gasteiger partial charge in [0, 0.05) is 10.6 Å². The molecule has 2 aromatic rings. The van der Waals surface area contributed by atoms with Gasteiger partial charge in [-0.3, -0.25) is 4.79 Å². The molecule has 2 aromatic carbocycles. The van der Waals surface area contributed by atoms with Crippen molar-refractivity contribution in [3.8, 4) is 0 Å². The van der Waals surface area contributed by atoms with E-state index in [-0.39, 0.29) is 5.82 Å². The highest BCUT2D eigenvalue weighted by Gasteiger charge is 1.88. The molecule has 0 radical (unpaired) electrons. The van der Waals surface area contributed by atoms with Crippen molar-refractivity contribution in [2.24, 2.45) is 5.16 Å². The fraction of sp³-hybridized carbons (Fsp3) is 0. The van der Waals surface area contributed by atoms with E-state index in [0.29, 0.717) is 16.9 Å². The maximum Gasteiger partial charge on any atom is 0.150 e. The van der Waals surface area contributed by atoms with Crippen LogP contribution in [0, 0.1) is 5.82 Å². The summed E-state index contributed by atoms with van der Waals surface area (Å²) in [6.07, 6.45) is 2.02. The van der Waals surface area contributed by atoms with Crippen LogP contribution in [0.4, 0.5) is 4.39 Å². The van der Waals surface area contributed by atoms with E-state index in [2.05, 4.69) is 5.16 Å². The zero-order valence-electron chi connectivity index (χ0n) is 9.83. The molecule has 0 atom stereocenters. The molecular weight excluding hydrogens is 269 g/mol. The number of nitrogens with zero attached hydrogens (tertiary/aromatic N) is 1. The summed E-state index contributed by atoms with van der Waals surface area (Å²) in [5.41, 5.74) is 1.32. The Morgan fingerprint density at radius 2 is 1.53 bits per heavy atom. The summed E-state index contributed by atoms with van der Waals surface area (Å²) in [6.45, 7) is 0. The molecule has 0 aliphatic rings. The molecule has 5 heteroatoms. The highest BCUT2D eigenvalue weighted by Crippen LogP contribution is 2.07. The van der Waals surface area contributed by atoms with E-state index in [4.69, 9.17) is 16.8 Å². The quantitative estimate of drug-likeness (QED) is 0.393. The molecule has 0 bridgehead atoms. The third-order valence-electron chi connectivity index (χ3n) is 2.08. The second-order valence-corrected chi connectivity index (χ2v) is 3.90. The van der Waals surface area contributed by atoms with Crippen molar-refractivity contribution in [2.75, 3.05) is 0 Å². The molecule has 0 saturated heterocycles. The lowest BCUT2D eigenvalue weighted by Gasteiger charge is -1.89. The van der Waals surface area contributed by atoms with Crippen LogP contribution in [0.1, 0.15) is 15.9 Å². The molecule has 0 aromatic heterocycles. The topological polar surface area (TPSA) is 49.7 Å². The number of carbonyl (C=O) groups excluding carboxylic acids is 1. The van der Waals surface area contributed by atoms with Crippen molar-refractivity contribution in [3.63, 3.8) is 0 Å². The van der Waals surface area contributed by atoms with E-state index < -0.39 is 0 Å². The van der Waals surface area contributed by atoms with Crippen LogP contribution in [0.2, 0.25) is 5.02 Å². The number of carbonyl (C=O) groups is 1. The van der Waals surface area contributed by atoms with Crippen LogP contribution >= 0.6 is 11.6 Å². The largest absolute Gasteiger partial charge is 0.411 e. The third-order valence-corrected chi connectivity index (χ3v) is 2.33. The second-order valence-electron chi connectivity index (χ2n) is 3.47. The molecule has 98 valence electrons. The van der Waals surface area contributed by atoms with Gasteiger partial charge in [-0.15, -0.1) is 0 Å². The van der Waals surface area contributed by atoms with Gasteiger partial charge < -0.3 is 5.21 Å². The summed E-state index contributed by atoms with van der Waals surface area (Å²) in [6, 6.07) is 12.4. The average Bonchev–Trinajstić information content (AvgIpc) is 2.43. The van der Waals surface area contributed by atoms with Crippen molar-refractivity contribution >= 4 is 24.1 Å². The summed E-state index contributed by atoms with van der Waals surface area (Å²) in [5.74, 6) is -0.319. The minimum atomic E-state index is -0.319. The summed E-state index contributed by atoms with van der Waals surface area (Å²) in [4.78, 5) is 10.00. The highest BCUT2D eigenvalue weighted by atomic mass is 35.5. The third kappa shape index (κ3) is 5.79. The fourth-order valence-corrected chi connectivity index (χ4v) is 1.28. The predicted molar refractivity (Wildman–Crippen MR) is 72.6 cm³/mol. The van der Waals surface area contributed by atoms with Crippen molar-refractivity contribution < 1.29 is 14.4 Å². The molecule has 2 rings (SSSR count). The van der Waals surface area contributed by atoms with Crippen LogP contribution in [0.25, 0.3) is 0 Å². The first-order chi connectivity index (χ1) is 9.15. The zero-order chi connectivity index (χ0) is 14.1. The number of halogens is 2. The van der Waals surface area contributed by atoms with Gasteiger partial charge >= 0.3 is 0 Å². The van der Waals surface area contributed by atoms with E-state index in [0.717, 1.165) is 5.56 Å². The molecule has 1 N–H and O–H groups in total. The van der Waals surface area contributed by atoms with E-state index in [1.54, 1.807) is 24.3 Å². The Morgan fingerprint density at radius 1 is 1.00 bits per heavy atom. The van der Waals surface area contributed by atoms with Gasteiger partial charge in [0.05, 0.1) is 6.21 Å². The van der Waals surface area contributed by atoms with Crippen molar-refractivity contribution in [1.29, 1.82) is 0 Å². The van der Waals surface area contributed by atoms with E-state index >= 15 is 0 Å². The number of aldehydes is 1.